The normalized spacial score (nSPS) is 16.1. The second-order valence-electron chi connectivity index (χ2n) is 6.30. The first kappa shape index (κ1) is 15.6. The molecule has 0 radical (unpaired) electrons. The molecule has 1 aliphatic rings. The first-order valence-electron chi connectivity index (χ1n) is 8.67. The Morgan fingerprint density at radius 3 is 2.79 bits per heavy atom. The van der Waals surface area contributed by atoms with Crippen LogP contribution < -0.4 is 4.90 Å². The highest BCUT2D eigenvalue weighted by atomic mass is 32.1. The molecule has 0 saturated carbocycles. The fourth-order valence-corrected chi connectivity index (χ4v) is 4.15. The molecule has 0 spiro atoms. The van der Waals surface area contributed by atoms with Gasteiger partial charge in [-0.2, -0.15) is 4.37 Å². The summed E-state index contributed by atoms with van der Waals surface area (Å²) in [5.41, 5.74) is 0. The smallest absolute Gasteiger partial charge is 0.150 e. The van der Waals surface area contributed by atoms with Crippen LogP contribution in [0.4, 0.5) is 5.82 Å². The van der Waals surface area contributed by atoms with Crippen LogP contribution in [0.2, 0.25) is 0 Å². The summed E-state index contributed by atoms with van der Waals surface area (Å²) in [6.45, 7) is 8.39. The highest BCUT2D eigenvalue weighted by molar-refractivity contribution is 7.13. The van der Waals surface area contributed by atoms with Crippen LogP contribution in [0.1, 0.15) is 19.2 Å². The summed E-state index contributed by atoms with van der Waals surface area (Å²) in [6.07, 6.45) is 5.16. The van der Waals surface area contributed by atoms with E-state index in [4.69, 9.17) is 4.37 Å². The number of hydrogen-bond donors (Lipinski definition) is 0. The number of anilines is 1. The van der Waals surface area contributed by atoms with Crippen LogP contribution >= 0.6 is 11.5 Å². The van der Waals surface area contributed by atoms with E-state index in [1.165, 1.54) is 15.9 Å². The molecule has 0 atom stereocenters. The Morgan fingerprint density at radius 2 is 1.96 bits per heavy atom. The number of hydrogen-bond acceptors (Lipinski definition) is 5. The third-order valence-corrected chi connectivity index (χ3v) is 5.48. The van der Waals surface area contributed by atoms with Crippen molar-refractivity contribution in [1.29, 1.82) is 0 Å². The van der Waals surface area contributed by atoms with Crippen LogP contribution in [0.5, 0.6) is 0 Å². The monoisotopic (exact) mass is 341 g/mol. The van der Waals surface area contributed by atoms with Crippen molar-refractivity contribution in [2.75, 3.05) is 31.1 Å². The van der Waals surface area contributed by atoms with Gasteiger partial charge in [0.1, 0.15) is 11.6 Å². The Morgan fingerprint density at radius 1 is 1.12 bits per heavy atom. The zero-order valence-electron chi connectivity index (χ0n) is 14.1. The molecule has 1 aliphatic heterocycles. The van der Waals surface area contributed by atoms with Crippen molar-refractivity contribution in [2.45, 2.75) is 26.4 Å². The Labute approximate surface area is 146 Å². The molecule has 126 valence electrons. The van der Waals surface area contributed by atoms with Gasteiger partial charge in [0.25, 0.3) is 0 Å². The van der Waals surface area contributed by atoms with E-state index in [0.717, 1.165) is 51.5 Å². The van der Waals surface area contributed by atoms with E-state index >= 15 is 0 Å². The number of piperazine rings is 1. The Kier molecular flexibility index (Phi) is 4.49. The van der Waals surface area contributed by atoms with Crippen molar-refractivity contribution in [2.24, 2.45) is 0 Å². The van der Waals surface area contributed by atoms with E-state index in [2.05, 4.69) is 56.7 Å². The molecule has 3 aromatic rings. The zero-order chi connectivity index (χ0) is 16.4. The summed E-state index contributed by atoms with van der Waals surface area (Å²) in [5, 5.41) is 1.29. The predicted molar refractivity (Wildman–Crippen MR) is 99.6 cm³/mol. The van der Waals surface area contributed by atoms with E-state index in [9.17, 15) is 0 Å². The Bertz CT molecular complexity index is 800. The lowest BCUT2D eigenvalue weighted by molar-refractivity contribution is 0.240. The lowest BCUT2D eigenvalue weighted by atomic mass is 10.2. The van der Waals surface area contributed by atoms with Crippen LogP contribution in [-0.2, 0) is 13.1 Å². The molecule has 1 aromatic carbocycles. The van der Waals surface area contributed by atoms with Crippen molar-refractivity contribution < 1.29 is 0 Å². The van der Waals surface area contributed by atoms with Gasteiger partial charge in [-0.3, -0.25) is 4.90 Å². The molecule has 24 heavy (non-hydrogen) atoms. The van der Waals surface area contributed by atoms with Gasteiger partial charge < -0.3 is 9.47 Å². The van der Waals surface area contributed by atoms with Gasteiger partial charge in [0.2, 0.25) is 0 Å². The second kappa shape index (κ2) is 6.91. The van der Waals surface area contributed by atoms with E-state index in [0.29, 0.717) is 0 Å². The quantitative estimate of drug-likeness (QED) is 0.714. The van der Waals surface area contributed by atoms with Gasteiger partial charge >= 0.3 is 0 Å². The molecule has 5 nitrogen and oxygen atoms in total. The number of aromatic nitrogens is 3. The van der Waals surface area contributed by atoms with Crippen molar-refractivity contribution in [3.05, 3.63) is 42.5 Å². The Hall–Kier alpha value is -1.92. The van der Waals surface area contributed by atoms with Gasteiger partial charge in [0.15, 0.2) is 0 Å². The van der Waals surface area contributed by atoms with Gasteiger partial charge in [0, 0.05) is 50.5 Å². The number of aryl methyl sites for hydroxylation is 1. The molecular formula is C18H23N5S. The van der Waals surface area contributed by atoms with E-state index in [1.807, 2.05) is 6.20 Å². The number of nitrogens with zero attached hydrogens (tertiary/aromatic N) is 5. The number of benzene rings is 1. The number of fused-ring (bicyclic) bond motifs is 1. The van der Waals surface area contributed by atoms with Crippen LogP contribution in [0, 0.1) is 0 Å². The maximum absolute atomic E-state index is 4.69. The molecule has 0 unspecified atom stereocenters. The highest BCUT2D eigenvalue weighted by Crippen LogP contribution is 2.29. The van der Waals surface area contributed by atoms with Crippen molar-refractivity contribution >= 4 is 27.4 Å². The summed E-state index contributed by atoms with van der Waals surface area (Å²) < 4.78 is 8.24. The largest absolute Gasteiger partial charge is 0.353 e. The van der Waals surface area contributed by atoms with Crippen molar-refractivity contribution in [3.63, 3.8) is 0 Å². The summed E-state index contributed by atoms with van der Waals surface area (Å²) in [6, 6.07) is 8.52. The van der Waals surface area contributed by atoms with Crippen LogP contribution in [-0.4, -0.2) is 45.0 Å². The topological polar surface area (TPSA) is 37.2 Å². The van der Waals surface area contributed by atoms with E-state index < -0.39 is 0 Å². The molecule has 4 rings (SSSR count). The fraction of sp³-hybridized carbons (Fsp3) is 0.444. The molecule has 0 amide bonds. The third-order valence-electron chi connectivity index (χ3n) is 4.66. The van der Waals surface area contributed by atoms with Crippen LogP contribution in [0.25, 0.3) is 10.1 Å². The zero-order valence-corrected chi connectivity index (χ0v) is 14.9. The molecule has 1 fully saturated rings. The SMILES string of the molecule is CCCn1ccnc1CN1CCN(c2nsc3ccccc23)CC1. The molecular weight excluding hydrogens is 318 g/mol. The molecule has 2 aromatic heterocycles. The maximum atomic E-state index is 4.69. The van der Waals surface area contributed by atoms with Gasteiger partial charge in [0.05, 0.1) is 11.2 Å². The molecule has 6 heteroatoms. The minimum Gasteiger partial charge on any atom is -0.353 e. The minimum absolute atomic E-state index is 0.943. The lowest BCUT2D eigenvalue weighted by Gasteiger charge is -2.34. The average molecular weight is 341 g/mol. The maximum Gasteiger partial charge on any atom is 0.150 e. The van der Waals surface area contributed by atoms with E-state index in [-0.39, 0.29) is 0 Å². The van der Waals surface area contributed by atoms with Gasteiger partial charge in [-0.15, -0.1) is 0 Å². The van der Waals surface area contributed by atoms with Crippen molar-refractivity contribution in [1.82, 2.24) is 18.8 Å². The molecule has 0 aliphatic carbocycles. The van der Waals surface area contributed by atoms with E-state index in [1.54, 1.807) is 11.5 Å². The van der Waals surface area contributed by atoms with Gasteiger partial charge in [-0.25, -0.2) is 4.98 Å². The Balaban J connectivity index is 1.41. The first-order valence-corrected chi connectivity index (χ1v) is 9.44. The van der Waals surface area contributed by atoms with Crippen molar-refractivity contribution in [3.8, 4) is 0 Å². The number of imidazole rings is 1. The summed E-state index contributed by atoms with van der Waals surface area (Å²) in [5.74, 6) is 2.34. The predicted octanol–water partition coefficient (Wildman–Crippen LogP) is 3.23. The standard InChI is InChI=1S/C18H23N5S/c1-2-8-22-9-7-19-17(22)14-21-10-12-23(13-11-21)18-15-5-3-4-6-16(15)24-20-18/h3-7,9H,2,8,10-14H2,1H3. The fourth-order valence-electron chi connectivity index (χ4n) is 3.35. The summed E-state index contributed by atoms with van der Waals surface area (Å²) in [7, 11) is 0. The second-order valence-corrected chi connectivity index (χ2v) is 7.11. The summed E-state index contributed by atoms with van der Waals surface area (Å²) in [4.78, 5) is 9.46. The highest BCUT2D eigenvalue weighted by Gasteiger charge is 2.21. The summed E-state index contributed by atoms with van der Waals surface area (Å²) >= 11 is 1.60. The van der Waals surface area contributed by atoms with Crippen LogP contribution in [0.3, 0.4) is 0 Å². The molecule has 0 bridgehead atoms. The minimum atomic E-state index is 0.943. The van der Waals surface area contributed by atoms with Gasteiger partial charge in [-0.1, -0.05) is 19.1 Å². The lowest BCUT2D eigenvalue weighted by Crippen LogP contribution is -2.46. The first-order chi connectivity index (χ1) is 11.8. The molecule has 3 heterocycles. The average Bonchev–Trinajstić information content (AvgIpc) is 3.23. The molecule has 0 N–H and O–H groups in total. The number of rotatable bonds is 5. The third kappa shape index (κ3) is 3.03. The van der Waals surface area contributed by atoms with Gasteiger partial charge in [-0.05, 0) is 30.1 Å². The molecule has 1 saturated heterocycles. The van der Waals surface area contributed by atoms with Crippen LogP contribution in [0.15, 0.2) is 36.7 Å².